The molecule has 0 unspecified atom stereocenters. The van der Waals surface area contributed by atoms with E-state index in [-0.39, 0.29) is 11.9 Å². The van der Waals surface area contributed by atoms with Crippen LogP contribution in [0.25, 0.3) is 0 Å². The number of hydrogen-bond acceptors (Lipinski definition) is 5. The van der Waals surface area contributed by atoms with Crippen LogP contribution in [0.4, 0.5) is 19.0 Å². The molecule has 0 bridgehead atoms. The predicted molar refractivity (Wildman–Crippen MR) is 85.0 cm³/mol. The molecule has 0 radical (unpaired) electrons. The molecular weight excluding hydrogens is 359 g/mol. The number of halogens is 3. The van der Waals surface area contributed by atoms with Crippen LogP contribution in [0.1, 0.15) is 31.4 Å². The van der Waals surface area contributed by atoms with Gasteiger partial charge in [-0.1, -0.05) is 0 Å². The molecule has 7 nitrogen and oxygen atoms in total. The fourth-order valence-electron chi connectivity index (χ4n) is 3.11. The molecule has 1 N–H and O–H groups in total. The summed E-state index contributed by atoms with van der Waals surface area (Å²) >= 11 is 0. The van der Waals surface area contributed by atoms with Gasteiger partial charge in [0.1, 0.15) is 17.8 Å². The molecule has 0 aliphatic carbocycles. The van der Waals surface area contributed by atoms with Gasteiger partial charge in [0.15, 0.2) is 0 Å². The Hall–Kier alpha value is -1.46. The van der Waals surface area contributed by atoms with E-state index in [1.165, 1.54) is 8.61 Å². The second-order valence-electron chi connectivity index (χ2n) is 6.22. The van der Waals surface area contributed by atoms with E-state index in [0.717, 1.165) is 25.2 Å². The summed E-state index contributed by atoms with van der Waals surface area (Å²) < 4.78 is 66.0. The maximum atomic E-state index is 12.7. The van der Waals surface area contributed by atoms with Crippen LogP contribution >= 0.6 is 0 Å². The van der Waals surface area contributed by atoms with Crippen LogP contribution in [0.2, 0.25) is 0 Å². The fourth-order valence-corrected chi connectivity index (χ4v) is 4.83. The van der Waals surface area contributed by atoms with Gasteiger partial charge in [0, 0.05) is 38.3 Å². The smallest absolute Gasteiger partial charge is 0.367 e. The standard InChI is InChI=1S/C14H20F3N5O2S/c15-14(16,17)12-9-13(19-10-18-12)20-11-3-7-22(8-4-11)25(23,24)21-5-1-2-6-21/h9-11H,1-8H2,(H,18,19,20). The maximum Gasteiger partial charge on any atom is 0.433 e. The van der Waals surface area contributed by atoms with Crippen molar-refractivity contribution in [2.24, 2.45) is 0 Å². The quantitative estimate of drug-likeness (QED) is 0.862. The zero-order valence-corrected chi connectivity index (χ0v) is 14.4. The highest BCUT2D eigenvalue weighted by atomic mass is 32.2. The molecule has 0 saturated carbocycles. The van der Waals surface area contributed by atoms with Crippen molar-refractivity contribution >= 4 is 16.0 Å². The van der Waals surface area contributed by atoms with Gasteiger partial charge in [-0.2, -0.15) is 30.2 Å². The molecule has 3 heterocycles. The van der Waals surface area contributed by atoms with E-state index >= 15 is 0 Å². The van der Waals surface area contributed by atoms with Crippen molar-refractivity contribution in [1.82, 2.24) is 18.6 Å². The predicted octanol–water partition coefficient (Wildman–Crippen LogP) is 1.71. The van der Waals surface area contributed by atoms with Gasteiger partial charge in [0.25, 0.3) is 10.2 Å². The summed E-state index contributed by atoms with van der Waals surface area (Å²) in [6.45, 7) is 1.80. The highest BCUT2D eigenvalue weighted by molar-refractivity contribution is 7.86. The molecule has 1 aromatic rings. The lowest BCUT2D eigenvalue weighted by Crippen LogP contribution is -2.48. The van der Waals surface area contributed by atoms with Crippen molar-refractivity contribution in [3.63, 3.8) is 0 Å². The normalized spacial score (nSPS) is 21.6. The minimum atomic E-state index is -4.52. The number of aromatic nitrogens is 2. The van der Waals surface area contributed by atoms with Gasteiger partial charge in [-0.3, -0.25) is 0 Å². The van der Waals surface area contributed by atoms with Gasteiger partial charge in [0.05, 0.1) is 0 Å². The topological polar surface area (TPSA) is 78.4 Å². The molecule has 0 amide bonds. The van der Waals surface area contributed by atoms with Gasteiger partial charge in [-0.05, 0) is 25.7 Å². The van der Waals surface area contributed by atoms with Crippen LogP contribution in [-0.4, -0.2) is 59.2 Å². The Morgan fingerprint density at radius 3 is 2.24 bits per heavy atom. The number of nitrogens with zero attached hydrogens (tertiary/aromatic N) is 4. The maximum absolute atomic E-state index is 12.7. The molecule has 11 heteroatoms. The summed E-state index contributed by atoms with van der Waals surface area (Å²) in [7, 11) is -3.42. The number of rotatable bonds is 4. The number of piperidine rings is 1. The van der Waals surface area contributed by atoms with Crippen LogP contribution in [0.15, 0.2) is 12.4 Å². The Kier molecular flexibility index (Phi) is 5.16. The van der Waals surface area contributed by atoms with E-state index in [1.807, 2.05) is 0 Å². The van der Waals surface area contributed by atoms with Crippen molar-refractivity contribution in [2.45, 2.75) is 37.9 Å². The van der Waals surface area contributed by atoms with Crippen LogP contribution < -0.4 is 5.32 Å². The summed E-state index contributed by atoms with van der Waals surface area (Å²) in [5.41, 5.74) is -1.00. The summed E-state index contributed by atoms with van der Waals surface area (Å²) in [6, 6.07) is 0.744. The lowest BCUT2D eigenvalue weighted by Gasteiger charge is -2.34. The third kappa shape index (κ3) is 4.21. The zero-order chi connectivity index (χ0) is 18.1. The van der Waals surface area contributed by atoms with Crippen LogP contribution in [-0.2, 0) is 16.4 Å². The van der Waals surface area contributed by atoms with Gasteiger partial charge in [-0.25, -0.2) is 9.97 Å². The third-order valence-electron chi connectivity index (χ3n) is 4.48. The van der Waals surface area contributed by atoms with E-state index in [4.69, 9.17) is 0 Å². The van der Waals surface area contributed by atoms with E-state index in [1.54, 1.807) is 0 Å². The Bertz CT molecular complexity index is 699. The minimum absolute atomic E-state index is 0.100. The second kappa shape index (κ2) is 7.04. The Morgan fingerprint density at radius 1 is 1.04 bits per heavy atom. The van der Waals surface area contributed by atoms with Crippen molar-refractivity contribution in [2.75, 3.05) is 31.5 Å². The van der Waals surface area contributed by atoms with E-state index < -0.39 is 22.1 Å². The van der Waals surface area contributed by atoms with Crippen LogP contribution in [0, 0.1) is 0 Å². The highest BCUT2D eigenvalue weighted by Crippen LogP contribution is 2.29. The van der Waals surface area contributed by atoms with E-state index in [0.29, 0.717) is 39.0 Å². The first-order valence-electron chi connectivity index (χ1n) is 8.18. The summed E-state index contributed by atoms with van der Waals surface area (Å²) in [6.07, 6.45) is -0.861. The number of alkyl halides is 3. The highest BCUT2D eigenvalue weighted by Gasteiger charge is 2.35. The molecule has 140 valence electrons. The molecule has 1 aromatic heterocycles. The summed E-state index contributed by atoms with van der Waals surface area (Å²) in [4.78, 5) is 7.04. The van der Waals surface area contributed by atoms with E-state index in [9.17, 15) is 21.6 Å². The van der Waals surface area contributed by atoms with Crippen molar-refractivity contribution in [1.29, 1.82) is 0 Å². The first-order valence-corrected chi connectivity index (χ1v) is 9.57. The van der Waals surface area contributed by atoms with Crippen molar-refractivity contribution in [3.05, 3.63) is 18.1 Å². The van der Waals surface area contributed by atoms with Crippen LogP contribution in [0.3, 0.4) is 0 Å². The second-order valence-corrected chi connectivity index (χ2v) is 8.15. The van der Waals surface area contributed by atoms with Crippen molar-refractivity contribution in [3.8, 4) is 0 Å². The summed E-state index contributed by atoms with van der Waals surface area (Å²) in [5, 5.41) is 2.95. The fraction of sp³-hybridized carbons (Fsp3) is 0.714. The average Bonchev–Trinajstić information content (AvgIpc) is 3.10. The Balaban J connectivity index is 1.58. The number of nitrogens with one attached hydrogen (secondary N) is 1. The molecule has 3 rings (SSSR count). The SMILES string of the molecule is O=S(=O)(N1CCCC1)N1CCC(Nc2cc(C(F)(F)F)ncn2)CC1. The Labute approximate surface area is 144 Å². The molecule has 2 aliphatic heterocycles. The van der Waals surface area contributed by atoms with Gasteiger partial charge in [0.2, 0.25) is 0 Å². The summed E-state index contributed by atoms with van der Waals surface area (Å²) in [5.74, 6) is 0.100. The minimum Gasteiger partial charge on any atom is -0.367 e. The van der Waals surface area contributed by atoms with Gasteiger partial charge >= 0.3 is 6.18 Å². The largest absolute Gasteiger partial charge is 0.433 e. The lowest BCUT2D eigenvalue weighted by atomic mass is 10.1. The molecule has 2 saturated heterocycles. The molecule has 0 aromatic carbocycles. The lowest BCUT2D eigenvalue weighted by molar-refractivity contribution is -0.141. The average molecular weight is 379 g/mol. The van der Waals surface area contributed by atoms with Gasteiger partial charge in [-0.15, -0.1) is 0 Å². The molecule has 0 spiro atoms. The molecule has 25 heavy (non-hydrogen) atoms. The van der Waals surface area contributed by atoms with Crippen molar-refractivity contribution < 1.29 is 21.6 Å². The molecule has 2 fully saturated rings. The van der Waals surface area contributed by atoms with Crippen LogP contribution in [0.5, 0.6) is 0 Å². The monoisotopic (exact) mass is 379 g/mol. The zero-order valence-electron chi connectivity index (χ0n) is 13.5. The Morgan fingerprint density at radius 2 is 1.64 bits per heavy atom. The van der Waals surface area contributed by atoms with Gasteiger partial charge < -0.3 is 5.32 Å². The first kappa shape index (κ1) is 18.3. The number of anilines is 1. The molecule has 0 atom stereocenters. The number of hydrogen-bond donors (Lipinski definition) is 1. The molecular formula is C14H20F3N5O2S. The molecule has 2 aliphatic rings. The third-order valence-corrected chi connectivity index (χ3v) is 6.52. The first-order chi connectivity index (χ1) is 11.8. The van der Waals surface area contributed by atoms with E-state index in [2.05, 4.69) is 15.3 Å².